The fourth-order valence-electron chi connectivity index (χ4n) is 4.01. The first-order valence-electron chi connectivity index (χ1n) is 11.0. The highest BCUT2D eigenvalue weighted by Crippen LogP contribution is 2.37. The van der Waals surface area contributed by atoms with Gasteiger partial charge >= 0.3 is 12.3 Å². The van der Waals surface area contributed by atoms with Gasteiger partial charge in [-0.25, -0.2) is 13.2 Å². The van der Waals surface area contributed by atoms with Crippen LogP contribution in [-0.4, -0.2) is 12.8 Å². The molecule has 0 aromatic heterocycles. The van der Waals surface area contributed by atoms with Crippen LogP contribution in [0.3, 0.4) is 0 Å². The molecule has 1 aliphatic heterocycles. The molecule has 0 aliphatic carbocycles. The van der Waals surface area contributed by atoms with E-state index in [2.05, 4.69) is 11.3 Å². The molecule has 3 aromatic carbocycles. The normalized spacial score (nSPS) is 18.3. The van der Waals surface area contributed by atoms with E-state index in [0.717, 1.165) is 24.6 Å². The molecule has 194 valence electrons. The smallest absolute Gasteiger partial charge is 0.429 e. The van der Waals surface area contributed by atoms with Crippen molar-refractivity contribution >= 4 is 10.8 Å². The van der Waals surface area contributed by atoms with Gasteiger partial charge < -0.3 is 9.47 Å². The molecule has 0 radical (unpaired) electrons. The van der Waals surface area contributed by atoms with Crippen molar-refractivity contribution in [2.45, 2.75) is 31.2 Å². The molecule has 0 spiro atoms. The Morgan fingerprint density at radius 1 is 0.946 bits per heavy atom. The van der Waals surface area contributed by atoms with Crippen molar-refractivity contribution in [3.05, 3.63) is 89.3 Å². The molecule has 0 saturated carbocycles. The van der Waals surface area contributed by atoms with E-state index in [1.807, 2.05) is 0 Å². The van der Waals surface area contributed by atoms with Crippen LogP contribution >= 0.6 is 0 Å². The first-order valence-corrected chi connectivity index (χ1v) is 11.0. The van der Waals surface area contributed by atoms with Crippen molar-refractivity contribution in [3.8, 4) is 17.6 Å². The van der Waals surface area contributed by atoms with E-state index >= 15 is 0 Å². The number of halogens is 8. The van der Waals surface area contributed by atoms with Crippen molar-refractivity contribution in [3.63, 3.8) is 0 Å². The van der Waals surface area contributed by atoms with Crippen molar-refractivity contribution in [2.24, 2.45) is 5.92 Å². The summed E-state index contributed by atoms with van der Waals surface area (Å²) in [6.45, 7) is 4.20. The predicted molar refractivity (Wildman–Crippen MR) is 119 cm³/mol. The van der Waals surface area contributed by atoms with E-state index in [-0.39, 0.29) is 12.0 Å². The summed E-state index contributed by atoms with van der Waals surface area (Å²) >= 11 is 0. The SMILES string of the molecule is C=CC1CCC(c2ccc(C(F)(F)Oc3cc(F)c4c(F)c(C#CC(F)(F)F)c(F)cc4c3)cc2)OC1. The molecule has 1 saturated heterocycles. The molecule has 3 aromatic rings. The van der Waals surface area contributed by atoms with Gasteiger partial charge in [0.25, 0.3) is 0 Å². The summed E-state index contributed by atoms with van der Waals surface area (Å²) in [7, 11) is 0. The molecule has 0 N–H and O–H groups in total. The number of fused-ring (bicyclic) bond motifs is 1. The fourth-order valence-corrected chi connectivity index (χ4v) is 4.01. The molecular formula is C27H18F8O2. The highest BCUT2D eigenvalue weighted by atomic mass is 19.4. The Kier molecular flexibility index (Phi) is 7.20. The molecule has 0 bridgehead atoms. The minimum absolute atomic E-state index is 0.233. The summed E-state index contributed by atoms with van der Waals surface area (Å²) < 4.78 is 120. The van der Waals surface area contributed by atoms with Crippen LogP contribution in [0.25, 0.3) is 10.8 Å². The molecule has 1 heterocycles. The maximum Gasteiger partial charge on any atom is 0.458 e. The van der Waals surface area contributed by atoms with Crippen molar-refractivity contribution in [1.82, 2.24) is 0 Å². The third-order valence-corrected chi connectivity index (χ3v) is 5.89. The maximum atomic E-state index is 14.8. The molecule has 1 aliphatic rings. The lowest BCUT2D eigenvalue weighted by Gasteiger charge is -2.28. The van der Waals surface area contributed by atoms with Crippen LogP contribution < -0.4 is 4.74 Å². The molecule has 2 atom stereocenters. The summed E-state index contributed by atoms with van der Waals surface area (Å²) in [4.78, 5) is 0. The van der Waals surface area contributed by atoms with Gasteiger partial charge in [-0.15, -0.1) is 6.58 Å². The molecule has 4 rings (SSSR count). The number of benzene rings is 3. The third-order valence-electron chi connectivity index (χ3n) is 5.89. The Morgan fingerprint density at radius 3 is 2.24 bits per heavy atom. The summed E-state index contributed by atoms with van der Waals surface area (Å²) in [5, 5.41) is -1.46. The molecular weight excluding hydrogens is 508 g/mol. The molecule has 2 nitrogen and oxygen atoms in total. The minimum atomic E-state index is -5.04. The predicted octanol–water partition coefficient (Wildman–Crippen LogP) is 7.95. The van der Waals surface area contributed by atoms with Crippen molar-refractivity contribution in [2.75, 3.05) is 6.61 Å². The van der Waals surface area contributed by atoms with Gasteiger partial charge in [0.1, 0.15) is 17.4 Å². The zero-order valence-electron chi connectivity index (χ0n) is 18.9. The lowest BCUT2D eigenvalue weighted by atomic mass is 9.94. The van der Waals surface area contributed by atoms with Crippen molar-refractivity contribution in [1.29, 1.82) is 0 Å². The van der Waals surface area contributed by atoms with Crippen molar-refractivity contribution < 1.29 is 44.6 Å². The van der Waals surface area contributed by atoms with Gasteiger partial charge in [0.2, 0.25) is 0 Å². The minimum Gasteiger partial charge on any atom is -0.429 e. The van der Waals surface area contributed by atoms with Gasteiger partial charge in [0.15, 0.2) is 5.82 Å². The zero-order chi connectivity index (χ0) is 27.0. The number of hydrogen-bond donors (Lipinski definition) is 0. The van der Waals surface area contributed by atoms with E-state index in [4.69, 9.17) is 4.74 Å². The Labute approximate surface area is 206 Å². The number of alkyl halides is 5. The molecule has 0 amide bonds. The second-order valence-corrected chi connectivity index (χ2v) is 8.43. The monoisotopic (exact) mass is 526 g/mol. The topological polar surface area (TPSA) is 18.5 Å². The van der Waals surface area contributed by atoms with Gasteiger partial charge in [-0.3, -0.25) is 0 Å². The number of rotatable bonds is 5. The van der Waals surface area contributed by atoms with E-state index in [0.29, 0.717) is 36.6 Å². The number of ether oxygens (including phenoxy) is 2. The van der Waals surface area contributed by atoms with E-state index < -0.39 is 57.4 Å². The van der Waals surface area contributed by atoms with Gasteiger partial charge in [-0.1, -0.05) is 24.1 Å². The average molecular weight is 526 g/mol. The quantitative estimate of drug-likeness (QED) is 0.191. The van der Waals surface area contributed by atoms with Crippen LogP contribution in [0.2, 0.25) is 0 Å². The standard InChI is InChI=1S/C27H18F8O2/c1-2-15-3-8-23(36-14-15)16-4-6-18(7-5-16)27(34,35)37-19-11-17-12-21(28)20(9-10-26(31,32)33)25(30)24(17)22(29)13-19/h2,4-7,11-13,15,23H,1,3,8,14H2. The third kappa shape index (κ3) is 5.88. The van der Waals surface area contributed by atoms with Crippen LogP contribution in [0.4, 0.5) is 35.1 Å². The lowest BCUT2D eigenvalue weighted by molar-refractivity contribution is -0.185. The summed E-state index contributed by atoms with van der Waals surface area (Å²) in [5.74, 6) is -3.18. The second kappa shape index (κ2) is 10.1. The fraction of sp³-hybridized carbons (Fsp3) is 0.259. The van der Waals surface area contributed by atoms with E-state index in [1.165, 1.54) is 18.1 Å². The summed E-state index contributed by atoms with van der Waals surface area (Å²) in [6.07, 6.45) is -5.90. The van der Waals surface area contributed by atoms with E-state index in [1.54, 1.807) is 6.08 Å². The van der Waals surface area contributed by atoms with E-state index in [9.17, 15) is 35.1 Å². The lowest BCUT2D eigenvalue weighted by Crippen LogP contribution is -2.22. The first kappa shape index (κ1) is 26.5. The Balaban J connectivity index is 1.58. The molecule has 1 fully saturated rings. The molecule has 10 heteroatoms. The largest absolute Gasteiger partial charge is 0.458 e. The summed E-state index contributed by atoms with van der Waals surface area (Å²) in [6, 6.07) is 6.84. The average Bonchev–Trinajstić information content (AvgIpc) is 2.82. The Hall–Kier alpha value is -3.58. The van der Waals surface area contributed by atoms with Crippen LogP contribution in [-0.2, 0) is 10.8 Å². The van der Waals surface area contributed by atoms with Gasteiger partial charge in [0.05, 0.1) is 29.2 Å². The molecule has 37 heavy (non-hydrogen) atoms. The first-order chi connectivity index (χ1) is 17.4. The van der Waals surface area contributed by atoms with Crippen LogP contribution in [0.15, 0.2) is 55.1 Å². The highest BCUT2D eigenvalue weighted by molar-refractivity contribution is 5.87. The maximum absolute atomic E-state index is 14.8. The van der Waals surface area contributed by atoms with Gasteiger partial charge in [0, 0.05) is 17.9 Å². The van der Waals surface area contributed by atoms with Crippen LogP contribution in [0.5, 0.6) is 5.75 Å². The Morgan fingerprint density at radius 2 is 1.65 bits per heavy atom. The second-order valence-electron chi connectivity index (χ2n) is 8.43. The Bertz CT molecular complexity index is 1380. The van der Waals surface area contributed by atoms with Crippen LogP contribution in [0, 0.1) is 35.2 Å². The van der Waals surface area contributed by atoms with Gasteiger partial charge in [-0.05, 0) is 48.1 Å². The zero-order valence-corrected chi connectivity index (χ0v) is 18.9. The highest BCUT2D eigenvalue weighted by Gasteiger charge is 2.35. The number of hydrogen-bond acceptors (Lipinski definition) is 2. The molecule has 2 unspecified atom stereocenters. The summed E-state index contributed by atoms with van der Waals surface area (Å²) in [5.41, 5.74) is -1.18. The van der Waals surface area contributed by atoms with Crippen LogP contribution in [0.1, 0.15) is 35.6 Å². The van der Waals surface area contributed by atoms with Gasteiger partial charge in [-0.2, -0.15) is 22.0 Å².